The van der Waals surface area contributed by atoms with Crippen LogP contribution < -0.4 is 9.80 Å². The third kappa shape index (κ3) is 4.63. The van der Waals surface area contributed by atoms with Crippen LogP contribution in [0.3, 0.4) is 0 Å². The van der Waals surface area contributed by atoms with Crippen molar-refractivity contribution in [1.82, 2.24) is 5.01 Å². The van der Waals surface area contributed by atoms with Gasteiger partial charge in [-0.2, -0.15) is 5.10 Å². The molecule has 5 nitrogen and oxygen atoms in total. The van der Waals surface area contributed by atoms with E-state index < -0.39 is 0 Å². The van der Waals surface area contributed by atoms with Crippen molar-refractivity contribution < 1.29 is 4.79 Å². The highest BCUT2D eigenvalue weighted by atomic mass is 32.1. The van der Waals surface area contributed by atoms with E-state index in [1.807, 2.05) is 31.6 Å². The smallest absolute Gasteiger partial charge is 0.284 e. The molecule has 0 bridgehead atoms. The minimum Gasteiger partial charge on any atom is -0.378 e. The first kappa shape index (κ1) is 23.4. The van der Waals surface area contributed by atoms with Crippen LogP contribution in [-0.2, 0) is 0 Å². The Balaban J connectivity index is 1.53. The van der Waals surface area contributed by atoms with Crippen LogP contribution in [0.4, 0.5) is 11.4 Å². The summed E-state index contributed by atoms with van der Waals surface area (Å²) in [6, 6.07) is 20.9. The Morgan fingerprint density at radius 3 is 2.23 bits per heavy atom. The molecule has 0 spiro atoms. The maximum absolute atomic E-state index is 13.6. The summed E-state index contributed by atoms with van der Waals surface area (Å²) in [6.45, 7) is 0. The van der Waals surface area contributed by atoms with Gasteiger partial charge in [0.2, 0.25) is 0 Å². The summed E-state index contributed by atoms with van der Waals surface area (Å²) in [4.78, 5) is 18.5. The minimum atomic E-state index is -0.0874. The minimum absolute atomic E-state index is 0.0155. The van der Waals surface area contributed by atoms with Crippen LogP contribution in [0.1, 0.15) is 46.1 Å². The summed E-state index contributed by atoms with van der Waals surface area (Å²) >= 11 is 1.48. The van der Waals surface area contributed by atoms with Crippen molar-refractivity contribution in [3.63, 3.8) is 0 Å². The molecule has 2 heterocycles. The largest absolute Gasteiger partial charge is 0.378 e. The molecule has 1 aliphatic heterocycles. The molecule has 2 aromatic carbocycles. The zero-order valence-electron chi connectivity index (χ0n) is 20.8. The summed E-state index contributed by atoms with van der Waals surface area (Å²) in [5.74, 6) is 0.184. The van der Waals surface area contributed by atoms with E-state index in [-0.39, 0.29) is 17.9 Å². The third-order valence-corrected chi connectivity index (χ3v) is 7.80. The lowest BCUT2D eigenvalue weighted by Gasteiger charge is -2.30. The topological polar surface area (TPSA) is 39.1 Å². The fourth-order valence-electron chi connectivity index (χ4n) is 5.05. The lowest BCUT2D eigenvalue weighted by molar-refractivity contribution is 0.0686. The summed E-state index contributed by atoms with van der Waals surface area (Å²) in [7, 11) is 8.19. The van der Waals surface area contributed by atoms with Crippen molar-refractivity contribution in [1.29, 1.82) is 0 Å². The molecule has 1 aromatic heterocycles. The van der Waals surface area contributed by atoms with Gasteiger partial charge < -0.3 is 9.80 Å². The first-order valence-corrected chi connectivity index (χ1v) is 13.0. The lowest BCUT2D eigenvalue weighted by Crippen LogP contribution is -2.31. The normalized spacial score (nSPS) is 20.5. The molecule has 0 saturated heterocycles. The molecular formula is C29H32N4OS. The highest BCUT2D eigenvalue weighted by Crippen LogP contribution is 2.45. The van der Waals surface area contributed by atoms with E-state index in [4.69, 9.17) is 5.10 Å². The van der Waals surface area contributed by atoms with Crippen LogP contribution in [-0.4, -0.2) is 44.8 Å². The Kier molecular flexibility index (Phi) is 6.48. The second kappa shape index (κ2) is 9.70. The van der Waals surface area contributed by atoms with Gasteiger partial charge in [0.05, 0.1) is 16.6 Å². The fraction of sp³-hybridized carbons (Fsp3) is 0.310. The van der Waals surface area contributed by atoms with Gasteiger partial charge in [-0.3, -0.25) is 4.79 Å². The summed E-state index contributed by atoms with van der Waals surface area (Å²) < 4.78 is 0. The first-order chi connectivity index (χ1) is 16.9. The number of nitrogens with zero attached hydrogens (tertiary/aromatic N) is 4. The van der Waals surface area contributed by atoms with Crippen molar-refractivity contribution in [2.24, 2.45) is 11.0 Å². The maximum atomic E-state index is 13.6. The number of thiophene rings is 1. The maximum Gasteiger partial charge on any atom is 0.284 e. The van der Waals surface area contributed by atoms with Gasteiger partial charge in [0, 0.05) is 45.5 Å². The fourth-order valence-corrected chi connectivity index (χ4v) is 5.71. The van der Waals surface area contributed by atoms with Crippen LogP contribution >= 0.6 is 11.3 Å². The predicted molar refractivity (Wildman–Crippen MR) is 148 cm³/mol. The molecule has 35 heavy (non-hydrogen) atoms. The average Bonchev–Trinajstić information content (AvgIpc) is 3.53. The van der Waals surface area contributed by atoms with Crippen molar-refractivity contribution in [2.75, 3.05) is 38.0 Å². The molecule has 1 fully saturated rings. The monoisotopic (exact) mass is 484 g/mol. The van der Waals surface area contributed by atoms with Gasteiger partial charge >= 0.3 is 0 Å². The Hall–Kier alpha value is -3.38. The van der Waals surface area contributed by atoms with Crippen molar-refractivity contribution in [3.05, 3.63) is 87.6 Å². The summed E-state index contributed by atoms with van der Waals surface area (Å²) in [5, 5.41) is 8.73. The van der Waals surface area contributed by atoms with Crippen LogP contribution in [0.15, 0.2) is 76.7 Å². The standard InChI is InChI=1S/C29H32N4OS/c1-31(2)23-14-10-20(11-15-23)19-22-7-5-8-25-27(22)30-33(29(34)26-9-6-18-35-26)28(25)21-12-16-24(17-13-21)32(3)4/h6,9-19,25,28H,5,7-8H2,1-4H3/b22-19+/t25-,28+/m1/s1. The predicted octanol–water partition coefficient (Wildman–Crippen LogP) is 6.32. The van der Waals surface area contributed by atoms with Gasteiger partial charge in [0.15, 0.2) is 0 Å². The molecule has 0 unspecified atom stereocenters. The van der Waals surface area contributed by atoms with Crippen LogP contribution in [0.25, 0.3) is 6.08 Å². The highest BCUT2D eigenvalue weighted by Gasteiger charge is 2.44. The van der Waals surface area contributed by atoms with Crippen molar-refractivity contribution in [3.8, 4) is 0 Å². The Labute approximate surface area is 212 Å². The van der Waals surface area contributed by atoms with Crippen molar-refractivity contribution in [2.45, 2.75) is 25.3 Å². The number of amides is 1. The average molecular weight is 485 g/mol. The van der Waals surface area contributed by atoms with E-state index in [0.29, 0.717) is 0 Å². The molecule has 5 rings (SSSR count). The number of hydrogen-bond donors (Lipinski definition) is 0. The number of allylic oxidation sites excluding steroid dienone is 1. The first-order valence-electron chi connectivity index (χ1n) is 12.1. The number of carbonyl (C=O) groups excluding carboxylic acids is 1. The van der Waals surface area contributed by atoms with Gasteiger partial charge in [-0.15, -0.1) is 11.3 Å². The molecular weight excluding hydrogens is 452 g/mol. The van der Waals surface area contributed by atoms with Crippen LogP contribution in [0, 0.1) is 5.92 Å². The third-order valence-electron chi connectivity index (χ3n) is 6.94. The van der Waals surface area contributed by atoms with E-state index in [1.165, 1.54) is 28.2 Å². The molecule has 1 saturated carbocycles. The van der Waals surface area contributed by atoms with Crippen LogP contribution in [0.2, 0.25) is 0 Å². The Morgan fingerprint density at radius 2 is 1.63 bits per heavy atom. The summed E-state index contributed by atoms with van der Waals surface area (Å²) in [5.41, 5.74) is 6.95. The van der Waals surface area contributed by atoms with Gasteiger partial charge in [0.1, 0.15) is 0 Å². The molecule has 0 radical (unpaired) electrons. The van der Waals surface area contributed by atoms with Gasteiger partial charge in [-0.1, -0.05) is 30.3 Å². The van der Waals surface area contributed by atoms with E-state index in [1.54, 1.807) is 5.01 Å². The number of carbonyl (C=O) groups is 1. The summed E-state index contributed by atoms with van der Waals surface area (Å²) in [6.07, 6.45) is 5.37. The molecule has 1 amide bonds. The number of hydrazone groups is 1. The highest BCUT2D eigenvalue weighted by molar-refractivity contribution is 7.12. The number of fused-ring (bicyclic) bond motifs is 1. The van der Waals surface area contributed by atoms with Gasteiger partial charge in [-0.25, -0.2) is 5.01 Å². The number of anilines is 2. The SMILES string of the molecule is CN(C)c1ccc(/C=C2\CCC[C@@H]3C2=NN(C(=O)c2cccs2)[C@H]3c2ccc(N(C)C)cc2)cc1. The Bertz CT molecular complexity index is 1240. The number of rotatable bonds is 5. The zero-order valence-corrected chi connectivity index (χ0v) is 21.6. The lowest BCUT2D eigenvalue weighted by atomic mass is 9.77. The molecule has 1 aliphatic carbocycles. The second-order valence-corrected chi connectivity index (χ2v) is 10.6. The molecule has 180 valence electrons. The van der Waals surface area contributed by atoms with Crippen LogP contribution in [0.5, 0.6) is 0 Å². The molecule has 6 heteroatoms. The Morgan fingerprint density at radius 1 is 0.971 bits per heavy atom. The zero-order chi connectivity index (χ0) is 24.5. The number of benzene rings is 2. The quantitative estimate of drug-likeness (QED) is 0.426. The van der Waals surface area contributed by atoms with E-state index in [0.717, 1.165) is 41.1 Å². The van der Waals surface area contributed by atoms with Gasteiger partial charge in [0.25, 0.3) is 5.91 Å². The van der Waals surface area contributed by atoms with E-state index >= 15 is 0 Å². The molecule has 2 aliphatic rings. The van der Waals surface area contributed by atoms with Gasteiger partial charge in [-0.05, 0) is 77.8 Å². The number of hydrogen-bond acceptors (Lipinski definition) is 5. The molecule has 2 atom stereocenters. The van der Waals surface area contributed by atoms with E-state index in [2.05, 4.69) is 78.5 Å². The molecule has 3 aromatic rings. The second-order valence-electron chi connectivity index (χ2n) is 9.70. The van der Waals surface area contributed by atoms with E-state index in [9.17, 15) is 4.79 Å². The molecule has 0 N–H and O–H groups in total. The van der Waals surface area contributed by atoms with Crippen molar-refractivity contribution >= 4 is 40.4 Å².